The highest BCUT2D eigenvalue weighted by atomic mass is 35.5. The number of carbonyl (C=O) groups excluding carboxylic acids is 2. The van der Waals surface area contributed by atoms with Crippen molar-refractivity contribution in [2.24, 2.45) is 0 Å². The maximum Gasteiger partial charge on any atom is 0.291 e. The van der Waals surface area contributed by atoms with Crippen molar-refractivity contribution >= 4 is 67.2 Å². The summed E-state index contributed by atoms with van der Waals surface area (Å²) in [7, 11) is -4.06. The summed E-state index contributed by atoms with van der Waals surface area (Å²) in [5.74, 6) is -0.650. The lowest BCUT2D eigenvalue weighted by molar-refractivity contribution is 0.0724. The van der Waals surface area contributed by atoms with Crippen LogP contribution in [0.5, 0.6) is 0 Å². The zero-order valence-electron chi connectivity index (χ0n) is 17.6. The fourth-order valence-electron chi connectivity index (χ4n) is 3.37. The molecule has 0 bridgehead atoms. The number of nitrogens with one attached hydrogen (secondary N) is 2. The average Bonchev–Trinajstić information content (AvgIpc) is 3.29. The van der Waals surface area contributed by atoms with E-state index in [9.17, 15) is 18.0 Å². The molecule has 1 aliphatic rings. The molecule has 3 aromatic rings. The fraction of sp³-hybridized carbons (Fsp3) is 0.238. The molecule has 34 heavy (non-hydrogen) atoms. The Morgan fingerprint density at radius 1 is 0.971 bits per heavy atom. The van der Waals surface area contributed by atoms with Gasteiger partial charge >= 0.3 is 0 Å². The van der Waals surface area contributed by atoms with Crippen LogP contribution in [0.25, 0.3) is 0 Å². The van der Waals surface area contributed by atoms with Crippen LogP contribution >= 0.6 is 34.5 Å². The summed E-state index contributed by atoms with van der Waals surface area (Å²) in [6, 6.07) is 10.6. The summed E-state index contributed by atoms with van der Waals surface area (Å²) in [5, 5.41) is 10.4. The second kappa shape index (κ2) is 10.3. The zero-order chi connectivity index (χ0) is 24.3. The van der Waals surface area contributed by atoms with Crippen molar-refractivity contribution in [2.45, 2.75) is 23.6 Å². The van der Waals surface area contributed by atoms with E-state index in [1.165, 1.54) is 30.3 Å². The Hall–Kier alpha value is -2.73. The smallest absolute Gasteiger partial charge is 0.291 e. The van der Waals surface area contributed by atoms with E-state index in [-0.39, 0.29) is 31.7 Å². The van der Waals surface area contributed by atoms with E-state index in [0.717, 1.165) is 32.4 Å². The molecule has 4 rings (SSSR count). The van der Waals surface area contributed by atoms with Crippen molar-refractivity contribution in [2.75, 3.05) is 23.1 Å². The van der Waals surface area contributed by atoms with E-state index >= 15 is 0 Å². The number of sulfonamides is 1. The predicted molar refractivity (Wildman–Crippen MR) is 131 cm³/mol. The van der Waals surface area contributed by atoms with Gasteiger partial charge in [0.1, 0.15) is 0 Å². The topological polar surface area (TPSA) is 121 Å². The minimum atomic E-state index is -4.06. The van der Waals surface area contributed by atoms with Crippen LogP contribution in [0.3, 0.4) is 0 Å². The SMILES string of the molecule is O=C(Nc1nnc(S(=O)(=O)Nc2ccc(C(=O)N3CCCCC3)cc2)s1)c1ccc(Cl)cc1Cl. The molecule has 9 nitrogen and oxygen atoms in total. The standard InChI is InChI=1S/C21H19Cl2N5O4S2/c22-14-6-9-16(17(23)12-14)18(29)24-20-25-26-21(33-20)34(31,32)27-15-7-4-13(5-8-15)19(30)28-10-2-1-3-11-28/h4-9,12,27H,1-3,10-11H2,(H,24,25,29). The van der Waals surface area contributed by atoms with Crippen LogP contribution in [-0.4, -0.2) is 48.4 Å². The van der Waals surface area contributed by atoms with Crippen LogP contribution in [0.2, 0.25) is 10.0 Å². The number of likely N-dealkylation sites (tertiary alicyclic amines) is 1. The van der Waals surface area contributed by atoms with Gasteiger partial charge in [-0.2, -0.15) is 8.42 Å². The number of hydrogen-bond donors (Lipinski definition) is 2. The van der Waals surface area contributed by atoms with Crippen LogP contribution in [0.4, 0.5) is 10.8 Å². The summed E-state index contributed by atoms with van der Waals surface area (Å²) in [6.45, 7) is 1.46. The number of amides is 2. The van der Waals surface area contributed by atoms with E-state index in [0.29, 0.717) is 21.9 Å². The monoisotopic (exact) mass is 539 g/mol. The second-order valence-corrected chi connectivity index (χ2v) is 11.2. The first-order valence-corrected chi connectivity index (χ1v) is 13.3. The Bertz CT molecular complexity index is 1320. The molecule has 2 heterocycles. The molecule has 1 aliphatic heterocycles. The molecule has 0 saturated carbocycles. The quantitative estimate of drug-likeness (QED) is 0.444. The molecule has 0 atom stereocenters. The number of nitrogens with zero attached hydrogens (tertiary/aromatic N) is 3. The molecule has 0 unspecified atom stereocenters. The third-order valence-corrected chi connectivity index (χ3v) is 8.20. The number of rotatable bonds is 6. The lowest BCUT2D eigenvalue weighted by Crippen LogP contribution is -2.35. The molecule has 0 radical (unpaired) electrons. The largest absolute Gasteiger partial charge is 0.339 e. The van der Waals surface area contributed by atoms with Crippen molar-refractivity contribution in [1.29, 1.82) is 0 Å². The molecule has 2 N–H and O–H groups in total. The van der Waals surface area contributed by atoms with Crippen LogP contribution in [0, 0.1) is 0 Å². The first-order chi connectivity index (χ1) is 16.2. The highest BCUT2D eigenvalue weighted by Gasteiger charge is 2.23. The van der Waals surface area contributed by atoms with Gasteiger partial charge in [-0.15, -0.1) is 10.2 Å². The Kier molecular flexibility index (Phi) is 7.36. The minimum Gasteiger partial charge on any atom is -0.339 e. The molecule has 1 saturated heterocycles. The number of halogens is 2. The molecule has 0 aliphatic carbocycles. The van der Waals surface area contributed by atoms with E-state index in [4.69, 9.17) is 23.2 Å². The van der Waals surface area contributed by atoms with Crippen LogP contribution < -0.4 is 10.0 Å². The summed E-state index contributed by atoms with van der Waals surface area (Å²) in [5.41, 5.74) is 0.915. The third-order valence-electron chi connectivity index (χ3n) is 5.06. The number of anilines is 2. The maximum atomic E-state index is 12.7. The minimum absolute atomic E-state index is 0.0149. The van der Waals surface area contributed by atoms with E-state index in [1.54, 1.807) is 17.0 Å². The number of piperidine rings is 1. The van der Waals surface area contributed by atoms with Crippen molar-refractivity contribution < 1.29 is 18.0 Å². The molecule has 13 heteroatoms. The second-order valence-electron chi connectivity index (χ2n) is 7.49. The van der Waals surface area contributed by atoms with Crippen LogP contribution in [0.15, 0.2) is 46.8 Å². The van der Waals surface area contributed by atoms with Gasteiger partial charge in [0, 0.05) is 29.4 Å². The van der Waals surface area contributed by atoms with Crippen LogP contribution in [-0.2, 0) is 10.0 Å². The number of hydrogen-bond acceptors (Lipinski definition) is 7. The summed E-state index contributed by atoms with van der Waals surface area (Å²) in [6.07, 6.45) is 3.09. The number of aromatic nitrogens is 2. The van der Waals surface area contributed by atoms with E-state index in [1.807, 2.05) is 0 Å². The van der Waals surface area contributed by atoms with Gasteiger partial charge in [0.05, 0.1) is 10.6 Å². The van der Waals surface area contributed by atoms with Gasteiger partial charge in [-0.25, -0.2) is 0 Å². The Balaban J connectivity index is 1.42. The van der Waals surface area contributed by atoms with Gasteiger partial charge in [-0.3, -0.25) is 19.6 Å². The molecular formula is C21H19Cl2N5O4S2. The van der Waals surface area contributed by atoms with Gasteiger partial charge in [0.25, 0.3) is 26.2 Å². The van der Waals surface area contributed by atoms with Crippen LogP contribution in [0.1, 0.15) is 40.0 Å². The van der Waals surface area contributed by atoms with Crippen molar-refractivity contribution in [3.05, 3.63) is 63.6 Å². The third kappa shape index (κ3) is 5.66. The molecular weight excluding hydrogens is 521 g/mol. The summed E-state index contributed by atoms with van der Waals surface area (Å²) >= 11 is 12.5. The fourth-order valence-corrected chi connectivity index (χ4v) is 5.82. The van der Waals surface area contributed by atoms with Crippen molar-refractivity contribution in [3.63, 3.8) is 0 Å². The normalized spacial score (nSPS) is 14.0. The molecule has 1 fully saturated rings. The zero-order valence-corrected chi connectivity index (χ0v) is 20.8. The van der Waals surface area contributed by atoms with Crippen molar-refractivity contribution in [3.8, 4) is 0 Å². The van der Waals surface area contributed by atoms with E-state index < -0.39 is 15.9 Å². The Labute approximate surface area is 210 Å². The number of carbonyl (C=O) groups is 2. The summed E-state index contributed by atoms with van der Waals surface area (Å²) in [4.78, 5) is 26.8. The molecule has 2 aromatic carbocycles. The Morgan fingerprint density at radius 3 is 2.35 bits per heavy atom. The first-order valence-electron chi connectivity index (χ1n) is 10.2. The molecule has 2 amide bonds. The predicted octanol–water partition coefficient (Wildman–Crippen LogP) is 4.52. The Morgan fingerprint density at radius 2 is 1.68 bits per heavy atom. The average molecular weight is 540 g/mol. The highest BCUT2D eigenvalue weighted by Crippen LogP contribution is 2.26. The van der Waals surface area contributed by atoms with Gasteiger partial charge in [0.2, 0.25) is 5.13 Å². The maximum absolute atomic E-state index is 12.7. The van der Waals surface area contributed by atoms with Gasteiger partial charge in [-0.05, 0) is 61.7 Å². The first kappa shape index (κ1) is 24.4. The molecule has 1 aromatic heterocycles. The highest BCUT2D eigenvalue weighted by molar-refractivity contribution is 7.94. The lowest BCUT2D eigenvalue weighted by Gasteiger charge is -2.26. The van der Waals surface area contributed by atoms with Crippen molar-refractivity contribution in [1.82, 2.24) is 15.1 Å². The summed E-state index contributed by atoms with van der Waals surface area (Å²) < 4.78 is 27.5. The van der Waals surface area contributed by atoms with Gasteiger partial charge in [0.15, 0.2) is 0 Å². The molecule has 178 valence electrons. The van der Waals surface area contributed by atoms with E-state index in [2.05, 4.69) is 20.2 Å². The van der Waals surface area contributed by atoms with Gasteiger partial charge in [-0.1, -0.05) is 34.5 Å². The molecule has 0 spiro atoms. The number of benzene rings is 2. The van der Waals surface area contributed by atoms with Gasteiger partial charge < -0.3 is 4.90 Å². The lowest BCUT2D eigenvalue weighted by atomic mass is 10.1.